The zero-order valence-electron chi connectivity index (χ0n) is 15.2. The Morgan fingerprint density at radius 2 is 1.86 bits per heavy atom. The van der Waals surface area contributed by atoms with Crippen molar-refractivity contribution in [2.75, 3.05) is 13.7 Å². The number of benzene rings is 1. The van der Waals surface area contributed by atoms with E-state index in [1.165, 1.54) is 6.92 Å². The molecule has 2 amide bonds. The third-order valence-electron chi connectivity index (χ3n) is 4.56. The van der Waals surface area contributed by atoms with Crippen molar-refractivity contribution in [1.29, 1.82) is 0 Å². The molecule has 3 rings (SSSR count). The zero-order chi connectivity index (χ0) is 21.6. The van der Waals surface area contributed by atoms with E-state index < -0.39 is 49.3 Å². The molecule has 1 N–H and O–H groups in total. The Hall–Kier alpha value is -2.30. The van der Waals surface area contributed by atoms with Gasteiger partial charge in [-0.15, -0.1) is 0 Å². The summed E-state index contributed by atoms with van der Waals surface area (Å²) in [5.74, 6) is -2.10. The van der Waals surface area contributed by atoms with E-state index in [0.717, 1.165) is 12.0 Å². The van der Waals surface area contributed by atoms with E-state index in [0.29, 0.717) is 5.75 Å². The lowest BCUT2D eigenvalue weighted by atomic mass is 10.0. The molecular formula is C17H16Cl2N2O7S. The Kier molecular flexibility index (Phi) is 5.54. The van der Waals surface area contributed by atoms with Gasteiger partial charge in [0.25, 0.3) is 11.8 Å². The van der Waals surface area contributed by atoms with Gasteiger partial charge in [0.2, 0.25) is 13.5 Å². The van der Waals surface area contributed by atoms with Gasteiger partial charge in [-0.05, 0) is 19.1 Å². The average Bonchev–Trinajstić information content (AvgIpc) is 2.69. The van der Waals surface area contributed by atoms with Crippen molar-refractivity contribution in [2.24, 2.45) is 0 Å². The molecule has 29 heavy (non-hydrogen) atoms. The first-order chi connectivity index (χ1) is 13.5. The number of hydrogen-bond acceptors (Lipinski definition) is 7. The number of amides is 2. The summed E-state index contributed by atoms with van der Waals surface area (Å²) in [7, 11) is -3.34. The molecule has 0 aromatic heterocycles. The number of hydrogen-bond donors (Lipinski definition) is 1. The number of β-lactam (4-membered cyclic amide) rings is 1. The molecule has 2 heterocycles. The molecule has 0 aliphatic carbocycles. The number of rotatable bonds is 5. The van der Waals surface area contributed by atoms with Crippen molar-refractivity contribution >= 4 is 50.8 Å². The number of halogens is 2. The topological polar surface area (TPSA) is 119 Å². The summed E-state index contributed by atoms with van der Waals surface area (Å²) in [5.41, 5.74) is -0.622. The van der Waals surface area contributed by atoms with Gasteiger partial charge in [-0.25, -0.2) is 13.2 Å². The second-order valence-corrected chi connectivity index (χ2v) is 10.2. The van der Waals surface area contributed by atoms with Crippen LogP contribution in [0.1, 0.15) is 6.92 Å². The Labute approximate surface area is 176 Å². The number of sulfone groups is 1. The molecule has 2 aliphatic rings. The first-order valence-electron chi connectivity index (χ1n) is 8.25. The molecule has 1 aromatic rings. The van der Waals surface area contributed by atoms with E-state index in [1.54, 1.807) is 30.3 Å². The molecule has 12 heteroatoms. The summed E-state index contributed by atoms with van der Waals surface area (Å²) >= 11 is 12.1. The maximum atomic E-state index is 12.9. The van der Waals surface area contributed by atoms with Crippen LogP contribution in [0.4, 0.5) is 0 Å². The van der Waals surface area contributed by atoms with Gasteiger partial charge in [0.1, 0.15) is 17.5 Å². The minimum absolute atomic E-state index is 0.255. The fourth-order valence-electron chi connectivity index (χ4n) is 3.06. The Balaban J connectivity index is 1.83. The molecular weight excluding hydrogens is 447 g/mol. The summed E-state index contributed by atoms with van der Waals surface area (Å²) in [4.78, 5) is 37.6. The normalized spacial score (nSPS) is 24.3. The SMILES string of the molecule is COC(=O)C1=C(C)C(Cl)(Cl)S(=O)(=O)[C@@H]2[C@@H](NC(=O)COc3ccccc3)C(=O)N12. The summed E-state index contributed by atoms with van der Waals surface area (Å²) in [6.45, 7) is 0.763. The third kappa shape index (κ3) is 3.34. The van der Waals surface area contributed by atoms with Gasteiger partial charge in [0, 0.05) is 5.57 Å². The van der Waals surface area contributed by atoms with Crippen molar-refractivity contribution in [3.8, 4) is 5.75 Å². The largest absolute Gasteiger partial charge is 0.484 e. The van der Waals surface area contributed by atoms with Crippen molar-refractivity contribution in [2.45, 2.75) is 22.0 Å². The number of methoxy groups -OCH3 is 1. The minimum atomic E-state index is -4.41. The highest BCUT2D eigenvalue weighted by molar-refractivity contribution is 7.96. The second-order valence-electron chi connectivity index (χ2n) is 6.27. The lowest BCUT2D eigenvalue weighted by Crippen LogP contribution is -2.76. The number of alkyl halides is 2. The zero-order valence-corrected chi connectivity index (χ0v) is 17.5. The van der Waals surface area contributed by atoms with Gasteiger partial charge in [0.05, 0.1) is 7.11 Å². The van der Waals surface area contributed by atoms with Gasteiger partial charge in [-0.1, -0.05) is 41.4 Å². The van der Waals surface area contributed by atoms with Crippen molar-refractivity contribution in [3.63, 3.8) is 0 Å². The first kappa shape index (κ1) is 21.4. The summed E-state index contributed by atoms with van der Waals surface area (Å²) in [6, 6.07) is 6.96. The van der Waals surface area contributed by atoms with Crippen LogP contribution >= 0.6 is 23.2 Å². The van der Waals surface area contributed by atoms with E-state index in [9.17, 15) is 22.8 Å². The van der Waals surface area contributed by atoms with Crippen LogP contribution in [0.5, 0.6) is 5.75 Å². The van der Waals surface area contributed by atoms with Crippen molar-refractivity contribution in [3.05, 3.63) is 41.6 Å². The van der Waals surface area contributed by atoms with Crippen LogP contribution in [-0.4, -0.2) is 59.9 Å². The standard InChI is InChI=1S/C17H16Cl2N2O7S/c1-9-13(16(24)27-2)21-14(23)12(15(21)29(25,26)17(9,18)19)20-11(22)8-28-10-6-4-3-5-7-10/h3-7,12,15H,8H2,1-2H3,(H,20,22)/t12-,15+/m0/s1. The Morgan fingerprint density at radius 3 is 2.45 bits per heavy atom. The lowest BCUT2D eigenvalue weighted by Gasteiger charge is -2.51. The van der Waals surface area contributed by atoms with E-state index in [-0.39, 0.29) is 11.3 Å². The van der Waals surface area contributed by atoms with Gasteiger partial charge in [-0.3, -0.25) is 14.5 Å². The highest BCUT2D eigenvalue weighted by Gasteiger charge is 2.67. The molecule has 2 aliphatic heterocycles. The molecule has 2 atom stereocenters. The fraction of sp³-hybridized carbons (Fsp3) is 0.353. The van der Waals surface area contributed by atoms with Crippen LogP contribution in [0, 0.1) is 0 Å². The number of fused-ring (bicyclic) bond motifs is 1. The maximum Gasteiger partial charge on any atom is 0.354 e. The smallest absolute Gasteiger partial charge is 0.354 e. The van der Waals surface area contributed by atoms with Crippen molar-refractivity contribution < 1.29 is 32.3 Å². The highest BCUT2D eigenvalue weighted by Crippen LogP contribution is 2.50. The van der Waals surface area contributed by atoms with Crippen LogP contribution in [0.15, 0.2) is 41.6 Å². The summed E-state index contributed by atoms with van der Waals surface area (Å²) < 4.78 is 33.1. The van der Waals surface area contributed by atoms with E-state index in [1.807, 2.05) is 0 Å². The van der Waals surface area contributed by atoms with Gasteiger partial charge < -0.3 is 14.8 Å². The molecule has 0 radical (unpaired) electrons. The molecule has 1 aromatic carbocycles. The van der Waals surface area contributed by atoms with Crippen LogP contribution in [-0.2, 0) is 29.0 Å². The predicted octanol–water partition coefficient (Wildman–Crippen LogP) is 0.725. The van der Waals surface area contributed by atoms with Crippen LogP contribution in [0.25, 0.3) is 0 Å². The number of esters is 1. The van der Waals surface area contributed by atoms with Crippen molar-refractivity contribution in [1.82, 2.24) is 10.2 Å². The van der Waals surface area contributed by atoms with Crippen LogP contribution in [0.3, 0.4) is 0 Å². The van der Waals surface area contributed by atoms with Gasteiger partial charge >= 0.3 is 5.97 Å². The second kappa shape index (κ2) is 7.51. The summed E-state index contributed by atoms with van der Waals surface area (Å²) in [6.07, 6.45) is 0. The van der Waals surface area contributed by atoms with E-state index in [4.69, 9.17) is 27.9 Å². The summed E-state index contributed by atoms with van der Waals surface area (Å²) in [5, 5.41) is 0.645. The number of nitrogens with one attached hydrogen (secondary N) is 1. The molecule has 0 unspecified atom stereocenters. The Morgan fingerprint density at radius 1 is 1.24 bits per heavy atom. The monoisotopic (exact) mass is 462 g/mol. The molecule has 0 bridgehead atoms. The third-order valence-corrected chi connectivity index (χ3v) is 8.56. The van der Waals surface area contributed by atoms with Gasteiger partial charge in [0.15, 0.2) is 12.0 Å². The minimum Gasteiger partial charge on any atom is -0.484 e. The predicted molar refractivity (Wildman–Crippen MR) is 103 cm³/mol. The fourth-order valence-corrected chi connectivity index (χ4v) is 5.65. The molecule has 0 saturated carbocycles. The number of para-hydroxylation sites is 1. The van der Waals surface area contributed by atoms with E-state index in [2.05, 4.69) is 10.1 Å². The number of carbonyl (C=O) groups excluding carboxylic acids is 3. The molecule has 9 nitrogen and oxygen atoms in total. The van der Waals surface area contributed by atoms with E-state index >= 15 is 0 Å². The maximum absolute atomic E-state index is 12.9. The Bertz CT molecular complexity index is 1010. The molecule has 0 spiro atoms. The van der Waals surface area contributed by atoms with Gasteiger partial charge in [-0.2, -0.15) is 0 Å². The molecule has 1 fully saturated rings. The highest BCUT2D eigenvalue weighted by atomic mass is 35.5. The molecule has 156 valence electrons. The first-order valence-corrected chi connectivity index (χ1v) is 10.6. The molecule has 1 saturated heterocycles. The quantitative estimate of drug-likeness (QED) is 0.389. The van der Waals surface area contributed by atoms with Crippen LogP contribution in [0.2, 0.25) is 0 Å². The number of nitrogens with zero attached hydrogens (tertiary/aromatic N) is 1. The average molecular weight is 463 g/mol. The number of carbonyl (C=O) groups is 3. The van der Waals surface area contributed by atoms with Crippen LogP contribution < -0.4 is 10.1 Å². The number of ether oxygens (including phenoxy) is 2. The lowest BCUT2D eigenvalue weighted by molar-refractivity contribution is -0.152.